The Hall–Kier alpha value is -2.78. The third-order valence-corrected chi connectivity index (χ3v) is 4.30. The van der Waals surface area contributed by atoms with E-state index >= 15 is 0 Å². The van der Waals surface area contributed by atoms with E-state index < -0.39 is 10.9 Å². The van der Waals surface area contributed by atoms with Crippen molar-refractivity contribution in [1.82, 2.24) is 9.97 Å². The Bertz CT molecular complexity index is 1010. The van der Waals surface area contributed by atoms with Crippen LogP contribution in [0.1, 0.15) is 16.2 Å². The lowest BCUT2D eigenvalue weighted by Crippen LogP contribution is -2.13. The molecule has 8 nitrogen and oxygen atoms in total. The summed E-state index contributed by atoms with van der Waals surface area (Å²) >= 11 is 7.12. The van der Waals surface area contributed by atoms with Gasteiger partial charge in [0.05, 0.1) is 21.0 Å². The number of carbonyl (C=O) groups excluding carboxylic acids is 1. The summed E-state index contributed by atoms with van der Waals surface area (Å²) in [4.78, 5) is 40.6. The fraction of sp³-hybridized carbons (Fsp3) is 0.0714. The lowest BCUT2D eigenvalue weighted by molar-refractivity contribution is -0.384. The van der Waals surface area contributed by atoms with E-state index in [4.69, 9.17) is 16.3 Å². The van der Waals surface area contributed by atoms with E-state index in [1.165, 1.54) is 17.4 Å². The van der Waals surface area contributed by atoms with Crippen molar-refractivity contribution in [3.63, 3.8) is 0 Å². The van der Waals surface area contributed by atoms with E-state index in [-0.39, 0.29) is 34.3 Å². The van der Waals surface area contributed by atoms with Gasteiger partial charge >= 0.3 is 5.97 Å². The van der Waals surface area contributed by atoms with Gasteiger partial charge in [-0.3, -0.25) is 14.9 Å². The number of hydrogen-bond donors (Lipinski definition) is 1. The van der Waals surface area contributed by atoms with Crippen LogP contribution in [0.15, 0.2) is 34.4 Å². The minimum Gasteiger partial charge on any atom is -0.454 e. The Morgan fingerprint density at radius 2 is 2.21 bits per heavy atom. The molecule has 122 valence electrons. The van der Waals surface area contributed by atoms with Crippen LogP contribution in [0.25, 0.3) is 10.2 Å². The number of nitrogens with zero attached hydrogens (tertiary/aromatic N) is 2. The summed E-state index contributed by atoms with van der Waals surface area (Å²) in [5, 5.41) is 12.3. The summed E-state index contributed by atoms with van der Waals surface area (Å²) < 4.78 is 5.54. The van der Waals surface area contributed by atoms with Gasteiger partial charge in [-0.1, -0.05) is 11.6 Å². The van der Waals surface area contributed by atoms with E-state index in [0.29, 0.717) is 10.2 Å². The van der Waals surface area contributed by atoms with Gasteiger partial charge in [-0.05, 0) is 17.5 Å². The number of hydrogen-bond acceptors (Lipinski definition) is 7. The molecule has 0 saturated carbocycles. The Morgan fingerprint density at radius 1 is 1.42 bits per heavy atom. The third kappa shape index (κ3) is 3.12. The number of rotatable bonds is 4. The molecule has 0 saturated heterocycles. The van der Waals surface area contributed by atoms with Crippen molar-refractivity contribution in [2.75, 3.05) is 0 Å². The molecule has 24 heavy (non-hydrogen) atoms. The summed E-state index contributed by atoms with van der Waals surface area (Å²) in [5.41, 5.74) is -0.0377. The zero-order valence-corrected chi connectivity index (χ0v) is 13.4. The molecule has 3 rings (SSSR count). The Kier molecular flexibility index (Phi) is 4.28. The lowest BCUT2D eigenvalue weighted by Gasteiger charge is -2.06. The zero-order chi connectivity index (χ0) is 17.3. The van der Waals surface area contributed by atoms with E-state index in [1.807, 2.05) is 0 Å². The predicted molar refractivity (Wildman–Crippen MR) is 87.5 cm³/mol. The van der Waals surface area contributed by atoms with Crippen molar-refractivity contribution >= 4 is 44.8 Å². The van der Waals surface area contributed by atoms with Crippen LogP contribution in [0.3, 0.4) is 0 Å². The van der Waals surface area contributed by atoms with Crippen LogP contribution < -0.4 is 5.56 Å². The van der Waals surface area contributed by atoms with Crippen molar-refractivity contribution in [3.05, 3.63) is 66.5 Å². The molecule has 0 radical (unpaired) electrons. The number of aromatic nitrogens is 2. The maximum Gasteiger partial charge on any atom is 0.340 e. The Labute approximate surface area is 142 Å². The molecule has 10 heteroatoms. The highest BCUT2D eigenvalue weighted by Gasteiger charge is 2.16. The van der Waals surface area contributed by atoms with Gasteiger partial charge in [-0.2, -0.15) is 0 Å². The second-order valence-corrected chi connectivity index (χ2v) is 5.97. The number of thiophene rings is 1. The number of fused-ring (bicyclic) bond motifs is 1. The molecule has 0 fully saturated rings. The molecule has 0 atom stereocenters. The molecule has 2 aromatic heterocycles. The van der Waals surface area contributed by atoms with Gasteiger partial charge in [0, 0.05) is 12.1 Å². The monoisotopic (exact) mass is 365 g/mol. The average Bonchev–Trinajstić information content (AvgIpc) is 3.01. The van der Waals surface area contributed by atoms with E-state index in [1.54, 1.807) is 11.4 Å². The van der Waals surface area contributed by atoms with E-state index in [2.05, 4.69) is 9.97 Å². The standard InChI is InChI=1S/C14H8ClN3O5S/c15-9-5-7(18(21)22)1-2-8(9)14(20)23-6-11-16-10-3-4-24-12(10)13(19)17-11/h1-5H,6H2,(H,16,17,19). The highest BCUT2D eigenvalue weighted by atomic mass is 35.5. The smallest absolute Gasteiger partial charge is 0.340 e. The number of esters is 1. The molecule has 0 bridgehead atoms. The highest BCUT2D eigenvalue weighted by Crippen LogP contribution is 2.23. The quantitative estimate of drug-likeness (QED) is 0.431. The van der Waals surface area contributed by atoms with Gasteiger partial charge in [-0.25, -0.2) is 9.78 Å². The Morgan fingerprint density at radius 3 is 2.92 bits per heavy atom. The summed E-state index contributed by atoms with van der Waals surface area (Å²) in [6.45, 7) is -0.257. The predicted octanol–water partition coefficient (Wildman–Crippen LogP) is 2.90. The maximum atomic E-state index is 12.0. The maximum absolute atomic E-state index is 12.0. The number of non-ortho nitro benzene ring substituents is 1. The molecule has 0 aliphatic rings. The second kappa shape index (κ2) is 6.38. The van der Waals surface area contributed by atoms with Crippen molar-refractivity contribution in [2.45, 2.75) is 6.61 Å². The number of nitro benzene ring substituents is 1. The van der Waals surface area contributed by atoms with Crippen LogP contribution in [0.5, 0.6) is 0 Å². The number of carbonyl (C=O) groups is 1. The first-order valence-electron chi connectivity index (χ1n) is 6.53. The van der Waals surface area contributed by atoms with Crippen LogP contribution in [-0.2, 0) is 11.3 Å². The minimum absolute atomic E-state index is 0.0128. The second-order valence-electron chi connectivity index (χ2n) is 4.64. The summed E-state index contributed by atoms with van der Waals surface area (Å²) in [6, 6.07) is 5.12. The van der Waals surface area contributed by atoms with Crippen LogP contribution in [0, 0.1) is 10.1 Å². The number of H-pyrrole nitrogens is 1. The molecule has 3 aromatic rings. The molecule has 2 heterocycles. The van der Waals surface area contributed by atoms with E-state index in [9.17, 15) is 19.7 Å². The number of ether oxygens (including phenoxy) is 1. The lowest BCUT2D eigenvalue weighted by atomic mass is 10.2. The number of aromatic amines is 1. The molecule has 0 unspecified atom stereocenters. The number of halogens is 1. The van der Waals surface area contributed by atoms with Crippen molar-refractivity contribution in [1.29, 1.82) is 0 Å². The topological polar surface area (TPSA) is 115 Å². The van der Waals surface area contributed by atoms with Crippen molar-refractivity contribution in [2.24, 2.45) is 0 Å². The molecular weight excluding hydrogens is 358 g/mol. The first kappa shape index (κ1) is 16.1. The molecule has 0 aliphatic carbocycles. The van der Waals surface area contributed by atoms with Crippen LogP contribution in [0.2, 0.25) is 5.02 Å². The Balaban J connectivity index is 1.77. The molecular formula is C14H8ClN3O5S. The number of nitro groups is 1. The van der Waals surface area contributed by atoms with Gasteiger partial charge in [0.1, 0.15) is 17.1 Å². The summed E-state index contributed by atoms with van der Waals surface area (Å²) in [6.07, 6.45) is 0. The van der Waals surface area contributed by atoms with Crippen LogP contribution in [-0.4, -0.2) is 20.9 Å². The molecule has 0 amide bonds. The van der Waals surface area contributed by atoms with Gasteiger partial charge in [0.2, 0.25) is 0 Å². The summed E-state index contributed by atoms with van der Waals surface area (Å²) in [7, 11) is 0. The van der Waals surface area contributed by atoms with Crippen molar-refractivity contribution in [3.8, 4) is 0 Å². The summed E-state index contributed by atoms with van der Waals surface area (Å²) in [5.74, 6) is -0.583. The van der Waals surface area contributed by atoms with Crippen LogP contribution in [0.4, 0.5) is 5.69 Å². The minimum atomic E-state index is -0.775. The SMILES string of the molecule is O=C(OCc1nc2ccsc2c(=O)[nH]1)c1ccc([N+](=O)[O-])cc1Cl. The molecule has 0 spiro atoms. The van der Waals surface area contributed by atoms with E-state index in [0.717, 1.165) is 12.1 Å². The van der Waals surface area contributed by atoms with Crippen molar-refractivity contribution < 1.29 is 14.5 Å². The normalized spacial score (nSPS) is 10.7. The largest absolute Gasteiger partial charge is 0.454 e. The fourth-order valence-corrected chi connectivity index (χ4v) is 2.96. The van der Waals surface area contributed by atoms with Crippen LogP contribution >= 0.6 is 22.9 Å². The number of benzene rings is 1. The zero-order valence-electron chi connectivity index (χ0n) is 11.8. The van der Waals surface area contributed by atoms with Gasteiger partial charge in [0.15, 0.2) is 0 Å². The fourth-order valence-electron chi connectivity index (χ4n) is 1.98. The van der Waals surface area contributed by atoms with Gasteiger partial charge < -0.3 is 9.72 Å². The van der Waals surface area contributed by atoms with Gasteiger partial charge in [0.25, 0.3) is 11.2 Å². The highest BCUT2D eigenvalue weighted by molar-refractivity contribution is 7.17. The molecule has 0 aliphatic heterocycles. The first-order chi connectivity index (χ1) is 11.5. The van der Waals surface area contributed by atoms with Gasteiger partial charge in [-0.15, -0.1) is 11.3 Å². The molecule has 1 aromatic carbocycles. The number of nitrogens with one attached hydrogen (secondary N) is 1. The first-order valence-corrected chi connectivity index (χ1v) is 7.79. The average molecular weight is 366 g/mol. The molecule has 1 N–H and O–H groups in total. The third-order valence-electron chi connectivity index (χ3n) is 3.09.